The monoisotopic (exact) mass is 300 g/mol. The highest BCUT2D eigenvalue weighted by molar-refractivity contribution is 7.80. The molecule has 21 heavy (non-hydrogen) atoms. The molecule has 5 heteroatoms. The fourth-order valence-corrected chi connectivity index (χ4v) is 2.04. The topological polar surface area (TPSA) is 55.6 Å². The van der Waals surface area contributed by atoms with Gasteiger partial charge >= 0.3 is 0 Å². The molecule has 2 N–H and O–H groups in total. The van der Waals surface area contributed by atoms with Crippen molar-refractivity contribution in [1.29, 1.82) is 0 Å². The van der Waals surface area contributed by atoms with Gasteiger partial charge in [0.1, 0.15) is 10.7 Å². The van der Waals surface area contributed by atoms with Crippen molar-refractivity contribution in [1.82, 2.24) is 0 Å². The number of anilines is 1. The highest BCUT2D eigenvalue weighted by Gasteiger charge is 2.15. The van der Waals surface area contributed by atoms with Crippen molar-refractivity contribution in [2.45, 2.75) is 0 Å². The van der Waals surface area contributed by atoms with Crippen LogP contribution in [0.25, 0.3) is 0 Å². The van der Waals surface area contributed by atoms with Crippen LogP contribution in [0.5, 0.6) is 5.75 Å². The third kappa shape index (κ3) is 3.79. The van der Waals surface area contributed by atoms with Gasteiger partial charge in [0, 0.05) is 12.6 Å². The van der Waals surface area contributed by atoms with Crippen LogP contribution in [0.3, 0.4) is 0 Å². The molecule has 0 radical (unpaired) electrons. The molecule has 1 amide bonds. The second-order valence-electron chi connectivity index (χ2n) is 4.44. The number of nitrogens with zero attached hydrogens (tertiary/aromatic N) is 1. The van der Waals surface area contributed by atoms with Crippen molar-refractivity contribution in [3.63, 3.8) is 0 Å². The molecule has 0 aliphatic heterocycles. The van der Waals surface area contributed by atoms with Gasteiger partial charge in [-0.1, -0.05) is 42.5 Å². The van der Waals surface area contributed by atoms with E-state index in [2.05, 4.69) is 0 Å². The second-order valence-corrected chi connectivity index (χ2v) is 4.88. The van der Waals surface area contributed by atoms with E-state index in [1.807, 2.05) is 30.3 Å². The number of carbonyl (C=O) groups is 1. The molecule has 0 saturated heterocycles. The van der Waals surface area contributed by atoms with Gasteiger partial charge in [-0.2, -0.15) is 0 Å². The van der Waals surface area contributed by atoms with Gasteiger partial charge < -0.3 is 15.4 Å². The molecule has 108 valence electrons. The molecule has 0 bridgehead atoms. The molecule has 0 spiro atoms. The Morgan fingerprint density at radius 2 is 1.76 bits per heavy atom. The molecule has 0 aliphatic carbocycles. The van der Waals surface area contributed by atoms with Crippen molar-refractivity contribution >= 4 is 28.8 Å². The summed E-state index contributed by atoms with van der Waals surface area (Å²) in [6.07, 6.45) is 0. The van der Waals surface area contributed by atoms with Crippen LogP contribution in [0.2, 0.25) is 0 Å². The number of likely N-dealkylation sites (N-methyl/N-ethyl adjacent to an activating group) is 1. The van der Waals surface area contributed by atoms with E-state index in [0.29, 0.717) is 17.0 Å². The number of amides is 1. The van der Waals surface area contributed by atoms with Crippen LogP contribution in [-0.4, -0.2) is 24.6 Å². The predicted octanol–water partition coefficient (Wildman–Crippen LogP) is 2.36. The van der Waals surface area contributed by atoms with Crippen molar-refractivity contribution in [3.05, 3.63) is 60.2 Å². The molecule has 0 atom stereocenters. The Balaban J connectivity index is 2.08. The highest BCUT2D eigenvalue weighted by atomic mass is 32.1. The minimum atomic E-state index is -0.178. The zero-order valence-electron chi connectivity index (χ0n) is 11.7. The lowest BCUT2D eigenvalue weighted by molar-refractivity contribution is -0.120. The average molecular weight is 300 g/mol. The lowest BCUT2D eigenvalue weighted by Crippen LogP contribution is -2.32. The molecule has 0 heterocycles. The van der Waals surface area contributed by atoms with Crippen LogP contribution in [0.1, 0.15) is 5.56 Å². The Bertz CT molecular complexity index is 644. The molecule has 2 aromatic rings. The first kappa shape index (κ1) is 15.0. The summed E-state index contributed by atoms with van der Waals surface area (Å²) >= 11 is 5.01. The fourth-order valence-electron chi connectivity index (χ4n) is 1.87. The lowest BCUT2D eigenvalue weighted by atomic mass is 10.1. The summed E-state index contributed by atoms with van der Waals surface area (Å²) in [6.45, 7) is -0.0494. The molecule has 2 rings (SSSR count). The standard InChI is InChI=1S/C16H16N2O2S/c1-18(14-10-6-5-9-13(14)16(17)21)15(19)11-20-12-7-3-2-4-8-12/h2-10H,11H2,1H3,(H2,17,21). The van der Waals surface area contributed by atoms with Gasteiger partial charge in [-0.3, -0.25) is 4.79 Å². The van der Waals surface area contributed by atoms with E-state index in [1.165, 1.54) is 4.90 Å². The van der Waals surface area contributed by atoms with E-state index < -0.39 is 0 Å². The molecule has 0 unspecified atom stereocenters. The van der Waals surface area contributed by atoms with Crippen molar-refractivity contribution in [3.8, 4) is 5.75 Å². The third-order valence-electron chi connectivity index (χ3n) is 3.01. The summed E-state index contributed by atoms with van der Waals surface area (Å²) in [7, 11) is 1.67. The zero-order chi connectivity index (χ0) is 15.2. The van der Waals surface area contributed by atoms with E-state index in [9.17, 15) is 4.79 Å². The summed E-state index contributed by atoms with van der Waals surface area (Å²) in [5.41, 5.74) is 7.02. The van der Waals surface area contributed by atoms with Gasteiger partial charge in [-0.05, 0) is 24.3 Å². The van der Waals surface area contributed by atoms with Crippen LogP contribution < -0.4 is 15.4 Å². The predicted molar refractivity (Wildman–Crippen MR) is 87.7 cm³/mol. The lowest BCUT2D eigenvalue weighted by Gasteiger charge is -2.20. The van der Waals surface area contributed by atoms with Gasteiger partial charge in [0.25, 0.3) is 5.91 Å². The third-order valence-corrected chi connectivity index (χ3v) is 3.23. The largest absolute Gasteiger partial charge is 0.484 e. The van der Waals surface area contributed by atoms with Crippen LogP contribution in [0.15, 0.2) is 54.6 Å². The Morgan fingerprint density at radius 3 is 2.43 bits per heavy atom. The number of carbonyl (C=O) groups excluding carboxylic acids is 1. The number of para-hydroxylation sites is 2. The normalized spacial score (nSPS) is 9.95. The van der Waals surface area contributed by atoms with Crippen LogP contribution in [0, 0.1) is 0 Å². The average Bonchev–Trinajstić information content (AvgIpc) is 2.52. The van der Waals surface area contributed by atoms with Crippen LogP contribution in [0.4, 0.5) is 5.69 Å². The number of thiocarbonyl (C=S) groups is 1. The highest BCUT2D eigenvalue weighted by Crippen LogP contribution is 2.19. The van der Waals surface area contributed by atoms with Gasteiger partial charge in [0.15, 0.2) is 6.61 Å². The van der Waals surface area contributed by atoms with Crippen LogP contribution in [-0.2, 0) is 4.79 Å². The molecule has 0 saturated carbocycles. The Kier molecular flexibility index (Phi) is 4.90. The van der Waals surface area contributed by atoms with Crippen molar-refractivity contribution in [2.75, 3.05) is 18.6 Å². The van der Waals surface area contributed by atoms with E-state index in [-0.39, 0.29) is 17.5 Å². The van der Waals surface area contributed by atoms with Gasteiger partial charge in [-0.25, -0.2) is 0 Å². The number of ether oxygens (including phenoxy) is 1. The minimum absolute atomic E-state index is 0.0494. The van der Waals surface area contributed by atoms with E-state index >= 15 is 0 Å². The molecule has 4 nitrogen and oxygen atoms in total. The van der Waals surface area contributed by atoms with E-state index in [4.69, 9.17) is 22.7 Å². The van der Waals surface area contributed by atoms with Crippen molar-refractivity contribution < 1.29 is 9.53 Å². The maximum atomic E-state index is 12.2. The van der Waals surface area contributed by atoms with Crippen LogP contribution >= 0.6 is 12.2 Å². The summed E-state index contributed by atoms with van der Waals surface area (Å²) in [4.78, 5) is 14.0. The molecular weight excluding hydrogens is 284 g/mol. The number of hydrogen-bond donors (Lipinski definition) is 1. The number of nitrogens with two attached hydrogens (primary N) is 1. The minimum Gasteiger partial charge on any atom is -0.484 e. The number of hydrogen-bond acceptors (Lipinski definition) is 3. The quantitative estimate of drug-likeness (QED) is 0.861. The maximum absolute atomic E-state index is 12.2. The van der Waals surface area contributed by atoms with E-state index in [0.717, 1.165) is 0 Å². The van der Waals surface area contributed by atoms with Gasteiger partial charge in [0.05, 0.1) is 5.69 Å². The molecule has 0 aromatic heterocycles. The summed E-state index contributed by atoms with van der Waals surface area (Å²) < 4.78 is 5.46. The number of benzene rings is 2. The Morgan fingerprint density at radius 1 is 1.14 bits per heavy atom. The van der Waals surface area contributed by atoms with Gasteiger partial charge in [-0.15, -0.1) is 0 Å². The first-order valence-corrected chi connectivity index (χ1v) is 6.83. The summed E-state index contributed by atoms with van der Waals surface area (Å²) in [6, 6.07) is 16.5. The SMILES string of the molecule is CN(C(=O)COc1ccccc1)c1ccccc1C(N)=S. The molecular formula is C16H16N2O2S. The zero-order valence-corrected chi connectivity index (χ0v) is 12.5. The van der Waals surface area contributed by atoms with E-state index in [1.54, 1.807) is 31.3 Å². The van der Waals surface area contributed by atoms with Crippen molar-refractivity contribution in [2.24, 2.45) is 5.73 Å². The molecule has 2 aromatic carbocycles. The smallest absolute Gasteiger partial charge is 0.264 e. The first-order valence-electron chi connectivity index (χ1n) is 6.43. The first-order chi connectivity index (χ1) is 10.1. The summed E-state index contributed by atoms with van der Waals surface area (Å²) in [5, 5.41) is 0. The Hall–Kier alpha value is -2.40. The molecule has 0 aliphatic rings. The molecule has 0 fully saturated rings. The Labute approximate surface area is 129 Å². The number of rotatable bonds is 5. The maximum Gasteiger partial charge on any atom is 0.264 e. The fraction of sp³-hybridized carbons (Fsp3) is 0.125. The van der Waals surface area contributed by atoms with Gasteiger partial charge in [0.2, 0.25) is 0 Å². The second kappa shape index (κ2) is 6.85. The summed E-state index contributed by atoms with van der Waals surface area (Å²) in [5.74, 6) is 0.476.